The van der Waals surface area contributed by atoms with Crippen molar-refractivity contribution in [1.82, 2.24) is 4.98 Å². The molecule has 0 bridgehead atoms. The second kappa shape index (κ2) is 3.46. The van der Waals surface area contributed by atoms with Crippen molar-refractivity contribution < 1.29 is 13.2 Å². The molecular weight excluding hydrogens is 284 g/mol. The van der Waals surface area contributed by atoms with Crippen molar-refractivity contribution in [3.8, 4) is 0 Å². The van der Waals surface area contributed by atoms with E-state index < -0.39 is 17.9 Å². The van der Waals surface area contributed by atoms with Gasteiger partial charge in [0, 0.05) is 6.07 Å². The molecule has 12 heavy (non-hydrogen) atoms. The Morgan fingerprint density at radius 1 is 1.50 bits per heavy atom. The second-order valence-corrected chi connectivity index (χ2v) is 3.06. The minimum Gasteiger partial charge on any atom is -0.394 e. The Bertz CT molecular complexity index is 280. The van der Waals surface area contributed by atoms with Crippen molar-refractivity contribution in [2.75, 3.05) is 5.73 Å². The third-order valence-electron chi connectivity index (χ3n) is 1.20. The zero-order valence-electron chi connectivity index (χ0n) is 5.69. The molecule has 0 spiro atoms. The molecule has 0 atom stereocenters. The zero-order chi connectivity index (χ0) is 9.30. The Labute approximate surface area is 80.1 Å². The van der Waals surface area contributed by atoms with Crippen molar-refractivity contribution in [3.05, 3.63) is 21.3 Å². The molecule has 6 heteroatoms. The van der Waals surface area contributed by atoms with E-state index in [1.165, 1.54) is 0 Å². The maximum Gasteiger partial charge on any atom is 0.280 e. The standard InChI is InChI=1S/C6H4F3IN2/c7-2-1-3(5(8)9)12-6(10)4(2)11/h1,5H,11H2. The highest BCUT2D eigenvalue weighted by Crippen LogP contribution is 2.23. The van der Waals surface area contributed by atoms with Crippen molar-refractivity contribution in [2.45, 2.75) is 6.43 Å². The van der Waals surface area contributed by atoms with E-state index >= 15 is 0 Å². The quantitative estimate of drug-likeness (QED) is 0.636. The van der Waals surface area contributed by atoms with Crippen LogP contribution >= 0.6 is 22.6 Å². The van der Waals surface area contributed by atoms with E-state index in [1.807, 2.05) is 0 Å². The molecule has 1 heterocycles. The predicted molar refractivity (Wildman–Crippen MR) is 46.3 cm³/mol. The molecule has 0 aliphatic heterocycles. The molecule has 0 unspecified atom stereocenters. The highest BCUT2D eigenvalue weighted by atomic mass is 127. The lowest BCUT2D eigenvalue weighted by Crippen LogP contribution is -2.01. The number of hydrogen-bond donors (Lipinski definition) is 1. The Balaban J connectivity index is 3.21. The lowest BCUT2D eigenvalue weighted by atomic mass is 10.3. The number of halogens is 4. The van der Waals surface area contributed by atoms with E-state index in [4.69, 9.17) is 5.73 Å². The van der Waals surface area contributed by atoms with Crippen molar-refractivity contribution >= 4 is 28.3 Å². The van der Waals surface area contributed by atoms with Crippen LogP contribution in [0.3, 0.4) is 0 Å². The van der Waals surface area contributed by atoms with Gasteiger partial charge in [0.25, 0.3) is 6.43 Å². The Morgan fingerprint density at radius 2 is 2.08 bits per heavy atom. The summed E-state index contributed by atoms with van der Waals surface area (Å²) in [4.78, 5) is 3.40. The van der Waals surface area contributed by atoms with Gasteiger partial charge in [0.1, 0.15) is 15.1 Å². The first-order valence-corrected chi connectivity index (χ1v) is 4.00. The van der Waals surface area contributed by atoms with Crippen LogP contribution in [0.15, 0.2) is 6.07 Å². The number of nitrogens with zero attached hydrogens (tertiary/aromatic N) is 1. The molecule has 1 aromatic rings. The number of alkyl halides is 2. The second-order valence-electron chi connectivity index (χ2n) is 2.03. The van der Waals surface area contributed by atoms with Crippen molar-refractivity contribution in [1.29, 1.82) is 0 Å². The van der Waals surface area contributed by atoms with Crippen LogP contribution in [0.4, 0.5) is 18.9 Å². The molecule has 2 N–H and O–H groups in total. The molecule has 0 fully saturated rings. The molecule has 0 aliphatic carbocycles. The van der Waals surface area contributed by atoms with E-state index in [9.17, 15) is 13.2 Å². The minimum absolute atomic E-state index is 0.0582. The van der Waals surface area contributed by atoms with E-state index in [1.54, 1.807) is 22.6 Å². The summed E-state index contributed by atoms with van der Waals surface area (Å²) in [5.74, 6) is -0.857. The normalized spacial score (nSPS) is 10.8. The topological polar surface area (TPSA) is 38.9 Å². The van der Waals surface area contributed by atoms with Gasteiger partial charge in [-0.05, 0) is 22.6 Å². The number of nitrogen functional groups attached to an aromatic ring is 1. The Hall–Kier alpha value is -0.530. The van der Waals surface area contributed by atoms with E-state index in [-0.39, 0.29) is 9.39 Å². The monoisotopic (exact) mass is 288 g/mol. The van der Waals surface area contributed by atoms with Gasteiger partial charge in [0.2, 0.25) is 0 Å². The van der Waals surface area contributed by atoms with Gasteiger partial charge in [0.15, 0.2) is 5.82 Å². The molecule has 0 aliphatic rings. The van der Waals surface area contributed by atoms with Crippen LogP contribution in [0.2, 0.25) is 0 Å². The average molecular weight is 288 g/mol. The molecular formula is C6H4F3IN2. The summed E-state index contributed by atoms with van der Waals surface area (Å²) in [5.41, 5.74) is 4.37. The molecule has 0 saturated heterocycles. The van der Waals surface area contributed by atoms with E-state index in [2.05, 4.69) is 4.98 Å². The van der Waals surface area contributed by atoms with E-state index in [0.717, 1.165) is 0 Å². The number of hydrogen-bond acceptors (Lipinski definition) is 2. The summed E-state index contributed by atoms with van der Waals surface area (Å²) in [6.45, 7) is 0. The fourth-order valence-electron chi connectivity index (χ4n) is 0.624. The molecule has 0 aromatic carbocycles. The fraction of sp³-hybridized carbons (Fsp3) is 0.167. The van der Waals surface area contributed by atoms with E-state index in [0.29, 0.717) is 6.07 Å². The summed E-state index contributed by atoms with van der Waals surface area (Å²) in [6, 6.07) is 0.641. The first-order valence-electron chi connectivity index (χ1n) is 2.92. The summed E-state index contributed by atoms with van der Waals surface area (Å²) in [7, 11) is 0. The number of aromatic nitrogens is 1. The molecule has 1 rings (SSSR count). The van der Waals surface area contributed by atoms with Crippen LogP contribution in [0.25, 0.3) is 0 Å². The SMILES string of the molecule is Nc1c(F)cc(C(F)F)nc1I. The van der Waals surface area contributed by atoms with Crippen LogP contribution in [-0.4, -0.2) is 4.98 Å². The number of anilines is 1. The van der Waals surface area contributed by atoms with Crippen LogP contribution in [0, 0.1) is 9.52 Å². The van der Waals surface area contributed by atoms with Gasteiger partial charge >= 0.3 is 0 Å². The third kappa shape index (κ3) is 1.79. The fourth-order valence-corrected chi connectivity index (χ4v) is 1.16. The Kier molecular flexibility index (Phi) is 2.76. The van der Waals surface area contributed by atoms with Gasteiger partial charge in [0.05, 0.1) is 0 Å². The predicted octanol–water partition coefficient (Wildman–Crippen LogP) is 2.35. The van der Waals surface area contributed by atoms with Gasteiger partial charge in [-0.25, -0.2) is 18.2 Å². The molecule has 66 valence electrons. The summed E-state index contributed by atoms with van der Waals surface area (Å²) >= 11 is 1.60. The lowest BCUT2D eigenvalue weighted by molar-refractivity contribution is 0.145. The van der Waals surface area contributed by atoms with Crippen LogP contribution in [0.1, 0.15) is 12.1 Å². The lowest BCUT2D eigenvalue weighted by Gasteiger charge is -2.02. The first kappa shape index (κ1) is 9.56. The van der Waals surface area contributed by atoms with Crippen LogP contribution in [-0.2, 0) is 0 Å². The molecule has 0 amide bonds. The van der Waals surface area contributed by atoms with Crippen molar-refractivity contribution in [2.24, 2.45) is 0 Å². The molecule has 0 saturated carbocycles. The number of rotatable bonds is 1. The molecule has 2 nitrogen and oxygen atoms in total. The van der Waals surface area contributed by atoms with Gasteiger partial charge in [-0.1, -0.05) is 0 Å². The highest BCUT2D eigenvalue weighted by molar-refractivity contribution is 14.1. The van der Waals surface area contributed by atoms with Crippen LogP contribution in [0.5, 0.6) is 0 Å². The maximum atomic E-state index is 12.7. The summed E-state index contributed by atoms with van der Waals surface area (Å²) < 4.78 is 36.7. The summed E-state index contributed by atoms with van der Waals surface area (Å²) in [5, 5.41) is 0. The number of nitrogens with two attached hydrogens (primary N) is 1. The van der Waals surface area contributed by atoms with Crippen LogP contribution < -0.4 is 5.73 Å². The highest BCUT2D eigenvalue weighted by Gasteiger charge is 2.14. The Morgan fingerprint density at radius 3 is 2.50 bits per heavy atom. The van der Waals surface area contributed by atoms with Crippen molar-refractivity contribution in [3.63, 3.8) is 0 Å². The first-order chi connectivity index (χ1) is 5.52. The zero-order valence-corrected chi connectivity index (χ0v) is 7.85. The molecule has 1 aromatic heterocycles. The third-order valence-corrected chi connectivity index (χ3v) is 2.03. The van der Waals surface area contributed by atoms with Gasteiger partial charge < -0.3 is 5.73 Å². The largest absolute Gasteiger partial charge is 0.394 e. The molecule has 0 radical (unpaired) electrons. The number of pyridine rings is 1. The summed E-state index contributed by atoms with van der Waals surface area (Å²) in [6.07, 6.45) is -2.77. The smallest absolute Gasteiger partial charge is 0.280 e. The average Bonchev–Trinajstić information content (AvgIpc) is 1.99. The van der Waals surface area contributed by atoms with Gasteiger partial charge in [-0.2, -0.15) is 0 Å². The van der Waals surface area contributed by atoms with Gasteiger partial charge in [-0.3, -0.25) is 0 Å². The maximum absolute atomic E-state index is 12.7. The minimum atomic E-state index is -2.77. The van der Waals surface area contributed by atoms with Gasteiger partial charge in [-0.15, -0.1) is 0 Å².